The van der Waals surface area contributed by atoms with E-state index in [1.165, 1.54) is 12.1 Å². The summed E-state index contributed by atoms with van der Waals surface area (Å²) in [6.07, 6.45) is 4.56. The molecule has 1 aromatic rings. The van der Waals surface area contributed by atoms with Gasteiger partial charge in [-0.05, 0) is 44.4 Å². The van der Waals surface area contributed by atoms with E-state index < -0.39 is 11.4 Å². The third-order valence-electron chi connectivity index (χ3n) is 5.72. The van der Waals surface area contributed by atoms with Crippen molar-refractivity contribution in [2.75, 3.05) is 26.2 Å². The summed E-state index contributed by atoms with van der Waals surface area (Å²) in [5.74, 6) is -0.612. The van der Waals surface area contributed by atoms with Gasteiger partial charge >= 0.3 is 0 Å². The van der Waals surface area contributed by atoms with Crippen molar-refractivity contribution in [3.05, 3.63) is 35.6 Å². The molecule has 3 rings (SSSR count). The lowest BCUT2D eigenvalue weighted by atomic mass is 9.74. The van der Waals surface area contributed by atoms with E-state index in [9.17, 15) is 14.0 Å². The summed E-state index contributed by atoms with van der Waals surface area (Å²) in [7, 11) is 0. The van der Waals surface area contributed by atoms with Crippen molar-refractivity contribution in [1.82, 2.24) is 9.80 Å². The summed E-state index contributed by atoms with van der Waals surface area (Å²) in [4.78, 5) is 29.2. The molecule has 1 saturated heterocycles. The molecule has 142 valence electrons. The summed E-state index contributed by atoms with van der Waals surface area (Å²) in [6.45, 7) is 4.16. The average Bonchev–Trinajstić information content (AvgIpc) is 2.86. The van der Waals surface area contributed by atoms with E-state index in [-0.39, 0.29) is 17.7 Å². The van der Waals surface area contributed by atoms with Crippen molar-refractivity contribution < 1.29 is 14.0 Å². The Hall–Kier alpha value is -1.95. The molecule has 0 bridgehead atoms. The Morgan fingerprint density at radius 2 is 1.85 bits per heavy atom. The molecule has 0 spiro atoms. The summed E-state index contributed by atoms with van der Waals surface area (Å²) < 4.78 is 13.4. The summed E-state index contributed by atoms with van der Waals surface area (Å²) >= 11 is 0. The number of rotatable bonds is 2. The summed E-state index contributed by atoms with van der Waals surface area (Å²) in [5, 5.41) is 0. The fraction of sp³-hybridized carbons (Fsp3) is 0.600. The molecule has 6 heteroatoms. The Kier molecular flexibility index (Phi) is 5.61. The Labute approximate surface area is 154 Å². The first kappa shape index (κ1) is 18.8. The van der Waals surface area contributed by atoms with Crippen LogP contribution in [0.4, 0.5) is 4.39 Å². The molecule has 2 unspecified atom stereocenters. The largest absolute Gasteiger partial charge is 0.341 e. The maximum Gasteiger partial charge on any atom is 0.254 e. The number of hydrogen-bond acceptors (Lipinski definition) is 3. The maximum atomic E-state index is 13.4. The van der Waals surface area contributed by atoms with E-state index >= 15 is 0 Å². The van der Waals surface area contributed by atoms with E-state index in [1.54, 1.807) is 17.0 Å². The molecule has 5 nitrogen and oxygen atoms in total. The first-order chi connectivity index (χ1) is 12.4. The molecule has 1 heterocycles. The van der Waals surface area contributed by atoms with Crippen LogP contribution in [-0.4, -0.2) is 53.3 Å². The van der Waals surface area contributed by atoms with Crippen LogP contribution in [-0.2, 0) is 4.79 Å². The Balaban J connectivity index is 1.64. The van der Waals surface area contributed by atoms with Gasteiger partial charge in [-0.15, -0.1) is 0 Å². The van der Waals surface area contributed by atoms with Crippen LogP contribution in [0.15, 0.2) is 24.3 Å². The molecule has 0 aromatic heterocycles. The van der Waals surface area contributed by atoms with Crippen molar-refractivity contribution in [3.63, 3.8) is 0 Å². The van der Waals surface area contributed by atoms with Gasteiger partial charge < -0.3 is 15.5 Å². The molecule has 1 aliphatic heterocycles. The van der Waals surface area contributed by atoms with Crippen LogP contribution in [0, 0.1) is 11.7 Å². The first-order valence-electron chi connectivity index (χ1n) is 9.51. The second kappa shape index (κ2) is 7.74. The molecule has 1 aliphatic carbocycles. The van der Waals surface area contributed by atoms with Crippen molar-refractivity contribution in [1.29, 1.82) is 0 Å². The molecule has 2 fully saturated rings. The lowest BCUT2D eigenvalue weighted by Crippen LogP contribution is -2.54. The second-order valence-corrected chi connectivity index (χ2v) is 7.79. The minimum atomic E-state index is -0.446. The molecule has 2 amide bonds. The minimum Gasteiger partial charge on any atom is -0.341 e. The Bertz CT molecular complexity index is 677. The molecule has 2 aliphatic rings. The number of carbonyl (C=O) groups is 2. The third kappa shape index (κ3) is 4.06. The monoisotopic (exact) mass is 361 g/mol. The number of halogens is 1. The van der Waals surface area contributed by atoms with E-state index in [1.807, 2.05) is 11.8 Å². The summed E-state index contributed by atoms with van der Waals surface area (Å²) in [6, 6.07) is 5.76. The van der Waals surface area contributed by atoms with Crippen LogP contribution in [0.3, 0.4) is 0 Å². The number of hydrogen-bond donors (Lipinski definition) is 1. The fourth-order valence-electron chi connectivity index (χ4n) is 4.13. The highest BCUT2D eigenvalue weighted by atomic mass is 19.1. The highest BCUT2D eigenvalue weighted by molar-refractivity contribution is 5.94. The van der Waals surface area contributed by atoms with Crippen molar-refractivity contribution in [2.24, 2.45) is 11.7 Å². The van der Waals surface area contributed by atoms with Gasteiger partial charge in [-0.2, -0.15) is 0 Å². The smallest absolute Gasteiger partial charge is 0.254 e. The van der Waals surface area contributed by atoms with Gasteiger partial charge in [0.1, 0.15) is 5.82 Å². The van der Waals surface area contributed by atoms with E-state index in [0.717, 1.165) is 32.1 Å². The zero-order valence-corrected chi connectivity index (χ0v) is 15.4. The molecule has 1 saturated carbocycles. The van der Waals surface area contributed by atoms with Gasteiger partial charge in [0.25, 0.3) is 5.91 Å². The molecule has 1 aromatic carbocycles. The van der Waals surface area contributed by atoms with Gasteiger partial charge in [0.2, 0.25) is 5.91 Å². The number of nitrogens with two attached hydrogens (primary N) is 1. The number of benzene rings is 1. The normalized spacial score (nSPS) is 27.1. The van der Waals surface area contributed by atoms with E-state index in [2.05, 4.69) is 0 Å². The van der Waals surface area contributed by atoms with E-state index in [4.69, 9.17) is 5.73 Å². The van der Waals surface area contributed by atoms with Gasteiger partial charge in [-0.1, -0.05) is 18.9 Å². The number of amides is 2. The predicted octanol–water partition coefficient (Wildman–Crippen LogP) is 2.41. The topological polar surface area (TPSA) is 66.6 Å². The van der Waals surface area contributed by atoms with Gasteiger partial charge in [0, 0.05) is 37.3 Å². The highest BCUT2D eigenvalue weighted by Crippen LogP contribution is 2.33. The van der Waals surface area contributed by atoms with Crippen LogP contribution in [0.1, 0.15) is 49.4 Å². The molecule has 2 atom stereocenters. The Morgan fingerprint density at radius 1 is 1.12 bits per heavy atom. The lowest BCUT2D eigenvalue weighted by Gasteiger charge is -2.39. The number of nitrogens with zero attached hydrogens (tertiary/aromatic N) is 2. The van der Waals surface area contributed by atoms with Crippen LogP contribution in [0.2, 0.25) is 0 Å². The molecular formula is C20H28FN3O2. The van der Waals surface area contributed by atoms with Crippen LogP contribution >= 0.6 is 0 Å². The fourth-order valence-corrected chi connectivity index (χ4v) is 4.13. The minimum absolute atomic E-state index is 0.120. The average molecular weight is 361 g/mol. The van der Waals surface area contributed by atoms with Gasteiger partial charge in [-0.3, -0.25) is 9.59 Å². The first-order valence-corrected chi connectivity index (χ1v) is 9.51. The van der Waals surface area contributed by atoms with Crippen LogP contribution < -0.4 is 5.73 Å². The van der Waals surface area contributed by atoms with Gasteiger partial charge in [0.05, 0.1) is 5.92 Å². The van der Waals surface area contributed by atoms with Gasteiger partial charge in [0.15, 0.2) is 0 Å². The van der Waals surface area contributed by atoms with Crippen LogP contribution in [0.5, 0.6) is 0 Å². The molecular weight excluding hydrogens is 333 g/mol. The molecule has 2 N–H and O–H groups in total. The van der Waals surface area contributed by atoms with Crippen LogP contribution in [0.25, 0.3) is 0 Å². The second-order valence-electron chi connectivity index (χ2n) is 7.79. The van der Waals surface area contributed by atoms with Crippen molar-refractivity contribution >= 4 is 11.8 Å². The van der Waals surface area contributed by atoms with E-state index in [0.29, 0.717) is 31.7 Å². The molecule has 26 heavy (non-hydrogen) atoms. The zero-order valence-electron chi connectivity index (χ0n) is 15.4. The quantitative estimate of drug-likeness (QED) is 0.880. The zero-order chi connectivity index (χ0) is 18.7. The van der Waals surface area contributed by atoms with Crippen molar-refractivity contribution in [2.45, 2.75) is 44.6 Å². The third-order valence-corrected chi connectivity index (χ3v) is 5.72. The SMILES string of the molecule is CC1(N)CCCCC1C(=O)N1CCCN(C(=O)c2cccc(F)c2)CC1. The lowest BCUT2D eigenvalue weighted by molar-refractivity contribution is -0.138. The van der Waals surface area contributed by atoms with Gasteiger partial charge in [-0.25, -0.2) is 4.39 Å². The molecule has 0 radical (unpaired) electrons. The Morgan fingerprint density at radius 3 is 2.58 bits per heavy atom. The maximum absolute atomic E-state index is 13.4. The highest BCUT2D eigenvalue weighted by Gasteiger charge is 2.40. The summed E-state index contributed by atoms with van der Waals surface area (Å²) in [5.41, 5.74) is 6.29. The standard InChI is InChI=1S/C20H28FN3O2/c1-20(22)9-3-2-8-17(20)19(26)24-11-5-10-23(12-13-24)18(25)15-6-4-7-16(21)14-15/h4,6-7,14,17H,2-3,5,8-13,22H2,1H3. The van der Waals surface area contributed by atoms with Crippen molar-refractivity contribution in [3.8, 4) is 0 Å². The number of carbonyl (C=O) groups excluding carboxylic acids is 2. The predicted molar refractivity (Wildman–Crippen MR) is 98.1 cm³/mol.